The third kappa shape index (κ3) is 4.16. The van der Waals surface area contributed by atoms with E-state index in [0.29, 0.717) is 0 Å². The van der Waals surface area contributed by atoms with Gasteiger partial charge in [-0.05, 0) is 49.3 Å². The summed E-state index contributed by atoms with van der Waals surface area (Å²) in [7, 11) is 0. The van der Waals surface area contributed by atoms with Gasteiger partial charge in [-0.25, -0.2) is 8.78 Å². The molecule has 0 N–H and O–H groups in total. The van der Waals surface area contributed by atoms with Crippen molar-refractivity contribution < 1.29 is 18.3 Å². The maximum Gasteiger partial charge on any atom is 0.310 e. The van der Waals surface area contributed by atoms with Crippen LogP contribution in [0.25, 0.3) is 11.1 Å². The number of ether oxygens (including phenoxy) is 1. The number of rotatable bonds is 5. The maximum absolute atomic E-state index is 14.8. The minimum Gasteiger partial charge on any atom is -0.460 e. The second-order valence-corrected chi connectivity index (χ2v) is 9.92. The molecule has 1 aliphatic carbocycles. The standard InChI is InChI=1S/C21H18Br2F2O2/c1-21(2)15(10-17(22)23)18(21)20(26)27-11-12-6-5-8-14(19(12)25)13-7-3-4-9-16(13)24/h3-10,15,18H,11H2,1-2H3/t15-,18-/m0/s1. The molecule has 1 aliphatic rings. The van der Waals surface area contributed by atoms with Crippen LogP contribution in [0.4, 0.5) is 8.78 Å². The van der Waals surface area contributed by atoms with E-state index in [-0.39, 0.29) is 46.5 Å². The third-order valence-corrected chi connectivity index (χ3v) is 5.61. The second-order valence-electron chi connectivity index (χ2n) is 7.15. The van der Waals surface area contributed by atoms with Crippen molar-refractivity contribution in [1.82, 2.24) is 0 Å². The normalized spacial score (nSPS) is 20.1. The summed E-state index contributed by atoms with van der Waals surface area (Å²) in [6.45, 7) is 3.79. The van der Waals surface area contributed by atoms with Gasteiger partial charge in [0.15, 0.2) is 0 Å². The fourth-order valence-corrected chi connectivity index (χ4v) is 3.96. The van der Waals surface area contributed by atoms with Gasteiger partial charge in [-0.15, -0.1) is 0 Å². The molecule has 1 fully saturated rings. The zero-order valence-corrected chi connectivity index (χ0v) is 18.0. The summed E-state index contributed by atoms with van der Waals surface area (Å²) in [4.78, 5) is 12.4. The van der Waals surface area contributed by atoms with Gasteiger partial charge in [-0.3, -0.25) is 4.79 Å². The van der Waals surface area contributed by atoms with Gasteiger partial charge in [-0.1, -0.05) is 56.3 Å². The molecule has 3 rings (SSSR count). The first-order valence-electron chi connectivity index (χ1n) is 8.45. The number of halogens is 4. The van der Waals surface area contributed by atoms with Crippen LogP contribution in [0, 0.1) is 28.9 Å². The van der Waals surface area contributed by atoms with Crippen molar-refractivity contribution in [1.29, 1.82) is 0 Å². The van der Waals surface area contributed by atoms with Crippen LogP contribution in [0.3, 0.4) is 0 Å². The van der Waals surface area contributed by atoms with Gasteiger partial charge in [0.1, 0.15) is 18.2 Å². The van der Waals surface area contributed by atoms with Crippen LogP contribution in [0.15, 0.2) is 51.9 Å². The lowest BCUT2D eigenvalue weighted by atomic mass is 10.0. The molecule has 2 atom stereocenters. The molecule has 142 valence electrons. The number of esters is 1. The topological polar surface area (TPSA) is 26.3 Å². The van der Waals surface area contributed by atoms with E-state index in [1.165, 1.54) is 24.3 Å². The maximum atomic E-state index is 14.8. The molecule has 6 heteroatoms. The van der Waals surface area contributed by atoms with Gasteiger partial charge in [0.05, 0.1) is 9.31 Å². The van der Waals surface area contributed by atoms with E-state index in [4.69, 9.17) is 4.74 Å². The first kappa shape index (κ1) is 20.2. The van der Waals surface area contributed by atoms with Crippen molar-refractivity contribution in [3.63, 3.8) is 0 Å². The zero-order chi connectivity index (χ0) is 19.8. The molecule has 0 saturated heterocycles. The molecule has 2 aromatic carbocycles. The molecular formula is C21H18Br2F2O2. The first-order chi connectivity index (χ1) is 12.7. The van der Waals surface area contributed by atoms with Gasteiger partial charge >= 0.3 is 5.97 Å². The van der Waals surface area contributed by atoms with Crippen molar-refractivity contribution >= 4 is 37.8 Å². The molecule has 0 bridgehead atoms. The Balaban J connectivity index is 1.74. The minimum atomic E-state index is -0.579. The Morgan fingerprint density at radius 2 is 1.78 bits per heavy atom. The van der Waals surface area contributed by atoms with E-state index in [1.807, 2.05) is 19.9 Å². The van der Waals surface area contributed by atoms with Crippen molar-refractivity contribution in [3.05, 3.63) is 69.1 Å². The lowest BCUT2D eigenvalue weighted by Crippen LogP contribution is -2.11. The number of hydrogen-bond donors (Lipinski definition) is 0. The molecule has 0 spiro atoms. The average molecular weight is 500 g/mol. The van der Waals surface area contributed by atoms with Gasteiger partial charge in [0, 0.05) is 16.7 Å². The molecule has 0 heterocycles. The van der Waals surface area contributed by atoms with Crippen LogP contribution in [-0.2, 0) is 16.1 Å². The van der Waals surface area contributed by atoms with E-state index in [0.717, 1.165) is 3.39 Å². The Morgan fingerprint density at radius 3 is 2.44 bits per heavy atom. The van der Waals surface area contributed by atoms with Crippen LogP contribution < -0.4 is 0 Å². The smallest absolute Gasteiger partial charge is 0.310 e. The SMILES string of the molecule is CC1(C)[C@H](C(=O)OCc2cccc(-c3ccccc3F)c2F)[C@@H]1C=C(Br)Br. The summed E-state index contributed by atoms with van der Waals surface area (Å²) in [6.07, 6.45) is 1.92. The van der Waals surface area contributed by atoms with E-state index >= 15 is 0 Å². The van der Waals surface area contributed by atoms with Crippen LogP contribution in [0.2, 0.25) is 0 Å². The van der Waals surface area contributed by atoms with E-state index in [2.05, 4.69) is 31.9 Å². The van der Waals surface area contributed by atoms with Crippen LogP contribution in [0.5, 0.6) is 0 Å². The predicted molar refractivity (Wildman–Crippen MR) is 108 cm³/mol. The van der Waals surface area contributed by atoms with Crippen molar-refractivity contribution in [3.8, 4) is 11.1 Å². The number of hydrogen-bond acceptors (Lipinski definition) is 2. The molecule has 0 aliphatic heterocycles. The summed E-state index contributed by atoms with van der Waals surface area (Å²) in [5, 5.41) is 0. The molecule has 2 nitrogen and oxygen atoms in total. The highest BCUT2D eigenvalue weighted by Gasteiger charge is 2.61. The van der Waals surface area contributed by atoms with Crippen LogP contribution in [0.1, 0.15) is 19.4 Å². The molecule has 0 radical (unpaired) electrons. The van der Waals surface area contributed by atoms with Crippen molar-refractivity contribution in [2.45, 2.75) is 20.5 Å². The fourth-order valence-electron chi connectivity index (χ4n) is 3.39. The predicted octanol–water partition coefficient (Wildman–Crippen LogP) is 6.58. The van der Waals surface area contributed by atoms with Gasteiger partial charge in [0.25, 0.3) is 0 Å². The quantitative estimate of drug-likeness (QED) is 0.434. The van der Waals surface area contributed by atoms with Crippen molar-refractivity contribution in [2.75, 3.05) is 0 Å². The number of carbonyl (C=O) groups is 1. The molecular weight excluding hydrogens is 482 g/mol. The minimum absolute atomic E-state index is 0.0494. The highest BCUT2D eigenvalue weighted by atomic mass is 79.9. The van der Waals surface area contributed by atoms with Gasteiger partial charge in [-0.2, -0.15) is 0 Å². The highest BCUT2D eigenvalue weighted by Crippen LogP contribution is 2.60. The largest absolute Gasteiger partial charge is 0.460 e. The lowest BCUT2D eigenvalue weighted by Gasteiger charge is -2.10. The Bertz CT molecular complexity index is 905. The van der Waals surface area contributed by atoms with E-state index < -0.39 is 11.6 Å². The van der Waals surface area contributed by atoms with Crippen LogP contribution in [-0.4, -0.2) is 5.97 Å². The van der Waals surface area contributed by atoms with E-state index in [1.54, 1.807) is 18.2 Å². The zero-order valence-electron chi connectivity index (χ0n) is 14.8. The Labute approximate surface area is 173 Å². The molecule has 0 unspecified atom stereocenters. The number of benzene rings is 2. The Kier molecular flexibility index (Phi) is 5.87. The van der Waals surface area contributed by atoms with Crippen LogP contribution >= 0.6 is 31.9 Å². The summed E-state index contributed by atoms with van der Waals surface area (Å²) >= 11 is 6.62. The highest BCUT2D eigenvalue weighted by molar-refractivity contribution is 9.28. The number of carbonyl (C=O) groups excluding carboxylic acids is 1. The summed E-state index contributed by atoms with van der Waals surface area (Å²) in [5.74, 6) is -1.67. The van der Waals surface area contributed by atoms with Gasteiger partial charge < -0.3 is 4.74 Å². The van der Waals surface area contributed by atoms with Gasteiger partial charge in [0.2, 0.25) is 0 Å². The number of allylic oxidation sites excluding steroid dienone is 1. The molecule has 0 aromatic heterocycles. The fraction of sp³-hybridized carbons (Fsp3) is 0.286. The summed E-state index contributed by atoms with van der Waals surface area (Å²) < 4.78 is 35.0. The first-order valence-corrected chi connectivity index (χ1v) is 10.0. The molecule has 27 heavy (non-hydrogen) atoms. The Morgan fingerprint density at radius 1 is 1.11 bits per heavy atom. The third-order valence-electron chi connectivity index (χ3n) is 5.08. The average Bonchev–Trinajstić information content (AvgIpc) is 3.14. The molecule has 1 saturated carbocycles. The molecule has 2 aromatic rings. The Hall–Kier alpha value is -1.53. The monoisotopic (exact) mass is 498 g/mol. The summed E-state index contributed by atoms with van der Waals surface area (Å²) in [5.41, 5.74) is 0.338. The van der Waals surface area contributed by atoms with E-state index in [9.17, 15) is 13.6 Å². The summed E-state index contributed by atoms with van der Waals surface area (Å²) in [6, 6.07) is 10.7. The van der Waals surface area contributed by atoms with Crippen molar-refractivity contribution in [2.24, 2.45) is 17.3 Å². The second kappa shape index (κ2) is 7.84. The molecule has 0 amide bonds. The lowest BCUT2D eigenvalue weighted by molar-refractivity contribution is -0.147.